The van der Waals surface area contributed by atoms with Gasteiger partial charge in [-0.2, -0.15) is 0 Å². The molecule has 1 N–H and O–H groups in total. The van der Waals surface area contributed by atoms with Crippen LogP contribution in [0.1, 0.15) is 26.3 Å². The molecule has 1 aromatic rings. The maximum atomic E-state index is 14.0. The number of methoxy groups -OCH3 is 2. The lowest BCUT2D eigenvalue weighted by atomic mass is 10.1. The Hall–Kier alpha value is -2.31. The molecule has 23 heavy (non-hydrogen) atoms. The number of esters is 1. The van der Waals surface area contributed by atoms with Crippen molar-refractivity contribution in [3.8, 4) is 5.75 Å². The molecule has 1 rings (SSSR count). The molecule has 6 nitrogen and oxygen atoms in total. The van der Waals surface area contributed by atoms with Crippen molar-refractivity contribution in [1.82, 2.24) is 5.32 Å². The Balaban J connectivity index is 2.87. The minimum atomic E-state index is -1.06. The van der Waals surface area contributed by atoms with Gasteiger partial charge >= 0.3 is 12.1 Å². The number of rotatable bonds is 5. The van der Waals surface area contributed by atoms with Gasteiger partial charge in [0.25, 0.3) is 0 Å². The lowest BCUT2D eigenvalue weighted by Gasteiger charge is -2.22. The van der Waals surface area contributed by atoms with Gasteiger partial charge in [-0.1, -0.05) is 6.07 Å². The molecule has 128 valence electrons. The van der Waals surface area contributed by atoms with E-state index in [0.29, 0.717) is 5.75 Å². The Labute approximate surface area is 134 Å². The Kier molecular flexibility index (Phi) is 6.36. The standard InChI is InChI=1S/C16H22FNO5/c1-16(2,3)23-15(20)18-13(14(19)22-5)8-10-6-7-11(21-4)9-12(10)17/h6-7,9,13H,8H2,1-5H3,(H,18,20)/i17-1. The zero-order chi connectivity index (χ0) is 17.6. The zero-order valence-corrected chi connectivity index (χ0v) is 13.9. The first-order chi connectivity index (χ1) is 10.7. The second kappa shape index (κ2) is 7.80. The van der Waals surface area contributed by atoms with E-state index in [1.54, 1.807) is 26.8 Å². The van der Waals surface area contributed by atoms with Crippen LogP contribution in [0.3, 0.4) is 0 Å². The van der Waals surface area contributed by atoms with Crippen molar-refractivity contribution in [2.24, 2.45) is 0 Å². The summed E-state index contributed by atoms with van der Waals surface area (Å²) < 4.78 is 28.7. The van der Waals surface area contributed by atoms with Crippen LogP contribution in [0, 0.1) is 5.82 Å². The highest BCUT2D eigenvalue weighted by Gasteiger charge is 2.26. The molecule has 0 aliphatic carbocycles. The van der Waals surface area contributed by atoms with Crippen molar-refractivity contribution in [3.63, 3.8) is 0 Å². The molecule has 1 aromatic carbocycles. The summed E-state index contributed by atoms with van der Waals surface area (Å²) in [6.45, 7) is 5.09. The molecule has 0 fully saturated rings. The summed E-state index contributed by atoms with van der Waals surface area (Å²) in [5.74, 6) is -0.865. The van der Waals surface area contributed by atoms with Crippen LogP contribution in [0.25, 0.3) is 0 Å². The minimum absolute atomic E-state index is 0.0677. The molecule has 1 unspecified atom stereocenters. The molecule has 0 saturated heterocycles. The van der Waals surface area contributed by atoms with Crippen LogP contribution >= 0.6 is 0 Å². The predicted octanol–water partition coefficient (Wildman–Crippen LogP) is 2.44. The van der Waals surface area contributed by atoms with Crippen molar-refractivity contribution >= 4 is 12.1 Å². The number of carbonyl (C=O) groups is 2. The van der Waals surface area contributed by atoms with Crippen molar-refractivity contribution in [3.05, 3.63) is 29.6 Å². The maximum absolute atomic E-state index is 14.0. The van der Waals surface area contributed by atoms with Crippen molar-refractivity contribution in [2.45, 2.75) is 38.8 Å². The molecular weight excluding hydrogens is 304 g/mol. The number of hydrogen-bond acceptors (Lipinski definition) is 5. The van der Waals surface area contributed by atoms with E-state index in [-0.39, 0.29) is 12.0 Å². The van der Waals surface area contributed by atoms with Gasteiger partial charge in [0.15, 0.2) is 0 Å². The highest BCUT2D eigenvalue weighted by Crippen LogP contribution is 2.18. The molecule has 0 heterocycles. The first-order valence-corrected chi connectivity index (χ1v) is 7.06. The van der Waals surface area contributed by atoms with Crippen LogP contribution in [-0.2, 0) is 20.7 Å². The summed E-state index contributed by atoms with van der Waals surface area (Å²) in [4.78, 5) is 23.6. The van der Waals surface area contributed by atoms with E-state index in [4.69, 9.17) is 9.47 Å². The fourth-order valence-electron chi connectivity index (χ4n) is 1.83. The molecule has 7 heteroatoms. The summed E-state index contributed by atoms with van der Waals surface area (Å²) in [6.07, 6.45) is -0.844. The smallest absolute Gasteiger partial charge is 0.408 e. The number of ether oxygens (including phenoxy) is 3. The van der Waals surface area contributed by atoms with E-state index >= 15 is 0 Å². The van der Waals surface area contributed by atoms with Crippen LogP contribution in [0.4, 0.5) is 9.18 Å². The summed E-state index contributed by atoms with van der Waals surface area (Å²) in [5.41, 5.74) is -0.465. The third-order valence-electron chi connectivity index (χ3n) is 2.86. The second-order valence-corrected chi connectivity index (χ2v) is 5.88. The number of alkyl carbamates (subject to hydrolysis) is 1. The Morgan fingerprint density at radius 2 is 1.91 bits per heavy atom. The van der Waals surface area contributed by atoms with Crippen LogP contribution in [-0.4, -0.2) is 37.9 Å². The average Bonchev–Trinajstić information content (AvgIpc) is 2.45. The van der Waals surface area contributed by atoms with Gasteiger partial charge in [-0.25, -0.2) is 14.0 Å². The number of amides is 1. The number of nitrogens with one attached hydrogen (secondary N) is 1. The molecule has 0 spiro atoms. The number of benzene rings is 1. The molecule has 1 atom stereocenters. The van der Waals surface area contributed by atoms with Crippen molar-refractivity contribution in [2.75, 3.05) is 14.2 Å². The molecule has 0 aromatic heterocycles. The van der Waals surface area contributed by atoms with Crippen molar-refractivity contribution < 1.29 is 28.2 Å². The fourth-order valence-corrected chi connectivity index (χ4v) is 1.83. The van der Waals surface area contributed by atoms with Crippen molar-refractivity contribution in [1.29, 1.82) is 0 Å². The maximum Gasteiger partial charge on any atom is 0.408 e. The number of hydrogen-bond donors (Lipinski definition) is 1. The van der Waals surface area contributed by atoms with Gasteiger partial charge < -0.3 is 19.5 Å². The summed E-state index contributed by atoms with van der Waals surface area (Å²) >= 11 is 0. The van der Waals surface area contributed by atoms with Gasteiger partial charge in [0.05, 0.1) is 14.2 Å². The predicted molar refractivity (Wildman–Crippen MR) is 81.8 cm³/mol. The number of carbonyl (C=O) groups excluding carboxylic acids is 2. The molecule has 0 radical (unpaired) electrons. The van der Waals surface area contributed by atoms with Gasteiger partial charge in [0, 0.05) is 12.5 Å². The molecule has 0 aliphatic heterocycles. The molecule has 0 aliphatic rings. The van der Waals surface area contributed by atoms with E-state index < -0.39 is 29.5 Å². The van der Waals surface area contributed by atoms with Gasteiger partial charge in [-0.3, -0.25) is 0 Å². The fraction of sp³-hybridized carbons (Fsp3) is 0.500. The highest BCUT2D eigenvalue weighted by atomic mass is 18.2. The SMILES string of the molecule is COC(=O)C(Cc1ccc(OC)cc1[18F])NC(=O)OC(C)(C)C. The van der Waals surface area contributed by atoms with E-state index in [9.17, 15) is 14.0 Å². The Morgan fingerprint density at radius 1 is 1.26 bits per heavy atom. The molecule has 1 amide bonds. The Bertz CT molecular complexity index is 568. The molecule has 0 saturated carbocycles. The van der Waals surface area contributed by atoms with E-state index in [2.05, 4.69) is 10.1 Å². The summed E-state index contributed by atoms with van der Waals surface area (Å²) in [7, 11) is 2.62. The highest BCUT2D eigenvalue weighted by molar-refractivity contribution is 5.81. The molecule has 0 bridgehead atoms. The van der Waals surface area contributed by atoms with Gasteiger partial charge in [0.2, 0.25) is 0 Å². The second-order valence-electron chi connectivity index (χ2n) is 5.88. The third kappa shape index (κ3) is 6.14. The average molecular weight is 326 g/mol. The van der Waals surface area contributed by atoms with Crippen LogP contribution < -0.4 is 10.1 Å². The molecular formula is C16H22FNO5. The van der Waals surface area contributed by atoms with Crippen LogP contribution in [0.5, 0.6) is 5.75 Å². The van der Waals surface area contributed by atoms with Gasteiger partial charge in [0.1, 0.15) is 23.2 Å². The van der Waals surface area contributed by atoms with E-state index in [1.807, 2.05) is 0 Å². The topological polar surface area (TPSA) is 73.9 Å². The summed E-state index contributed by atoms with van der Waals surface area (Å²) in [5, 5.41) is 2.39. The third-order valence-corrected chi connectivity index (χ3v) is 2.86. The van der Waals surface area contributed by atoms with Crippen LogP contribution in [0.2, 0.25) is 0 Å². The van der Waals surface area contributed by atoms with E-state index in [1.165, 1.54) is 26.4 Å². The van der Waals surface area contributed by atoms with E-state index in [0.717, 1.165) is 0 Å². The monoisotopic (exact) mass is 326 g/mol. The zero-order valence-electron chi connectivity index (χ0n) is 13.9. The minimum Gasteiger partial charge on any atom is -0.497 e. The first kappa shape index (κ1) is 18.7. The normalized spacial score (nSPS) is 12.3. The Morgan fingerprint density at radius 3 is 2.39 bits per heavy atom. The van der Waals surface area contributed by atoms with Gasteiger partial charge in [-0.05, 0) is 32.4 Å². The first-order valence-electron chi connectivity index (χ1n) is 7.06. The lowest BCUT2D eigenvalue weighted by molar-refractivity contribution is -0.143. The quantitative estimate of drug-likeness (QED) is 0.841. The lowest BCUT2D eigenvalue weighted by Crippen LogP contribution is -2.45. The van der Waals surface area contributed by atoms with Gasteiger partial charge in [-0.15, -0.1) is 0 Å². The number of halogens is 1. The van der Waals surface area contributed by atoms with Crippen LogP contribution in [0.15, 0.2) is 18.2 Å². The summed E-state index contributed by atoms with van der Waals surface area (Å²) in [6, 6.07) is 3.20. The largest absolute Gasteiger partial charge is 0.497 e.